The molecule has 0 spiro atoms. The van der Waals surface area contributed by atoms with Crippen LogP contribution in [0.2, 0.25) is 0 Å². The summed E-state index contributed by atoms with van der Waals surface area (Å²) in [6, 6.07) is 9.38. The summed E-state index contributed by atoms with van der Waals surface area (Å²) in [5.74, 6) is -4.72. The van der Waals surface area contributed by atoms with Crippen molar-refractivity contribution < 1.29 is 32.0 Å². The molecule has 8 nitrogen and oxygen atoms in total. The number of amides is 3. The van der Waals surface area contributed by atoms with Gasteiger partial charge in [0.25, 0.3) is 11.8 Å². The lowest BCUT2D eigenvalue weighted by atomic mass is 9.84. The fourth-order valence-electron chi connectivity index (χ4n) is 5.99. The van der Waals surface area contributed by atoms with E-state index in [0.29, 0.717) is 11.1 Å². The van der Waals surface area contributed by atoms with Crippen molar-refractivity contribution in [3.8, 4) is 0 Å². The van der Waals surface area contributed by atoms with E-state index in [1.165, 1.54) is 46.6 Å². The number of hydrogen-bond donors (Lipinski definition) is 0. The van der Waals surface area contributed by atoms with Gasteiger partial charge in [-0.1, -0.05) is 30.3 Å². The molecule has 3 aromatic rings. The van der Waals surface area contributed by atoms with Crippen molar-refractivity contribution in [1.82, 2.24) is 9.97 Å². The molecule has 2 aromatic carbocycles. The van der Waals surface area contributed by atoms with Gasteiger partial charge in [0.05, 0.1) is 32.6 Å². The van der Waals surface area contributed by atoms with E-state index in [0.717, 1.165) is 6.07 Å². The average molecular weight is 581 g/mol. The molecule has 220 valence electrons. The zero-order chi connectivity index (χ0) is 30.2. The smallest absolute Gasteiger partial charge is 0.290 e. The molecule has 3 atom stereocenters. The molecule has 1 aliphatic carbocycles. The van der Waals surface area contributed by atoms with E-state index in [-0.39, 0.29) is 41.3 Å². The average Bonchev–Trinajstić information content (AvgIpc) is 3.35. The van der Waals surface area contributed by atoms with Crippen molar-refractivity contribution >= 4 is 29.2 Å². The summed E-state index contributed by atoms with van der Waals surface area (Å²) >= 11 is 0. The molecule has 0 bridgehead atoms. The molecule has 1 saturated carbocycles. The fourth-order valence-corrected chi connectivity index (χ4v) is 5.99. The van der Waals surface area contributed by atoms with Crippen molar-refractivity contribution in [2.24, 2.45) is 0 Å². The minimum absolute atomic E-state index is 0.0623. The maximum atomic E-state index is 14.8. The second-order valence-corrected chi connectivity index (χ2v) is 11.2. The third-order valence-corrected chi connectivity index (χ3v) is 8.63. The molecular formula is C31H33F3N5O3+. The molecule has 3 amide bonds. The SMILES string of the molecule is CC[N+](C)(C(=O)C(c1ccccc1C)N(C(=O)C1CCC(=O)N1c1cnccn1)c1cccc(F)c1)C1CC(F)(F)C1. The summed E-state index contributed by atoms with van der Waals surface area (Å²) in [6.07, 6.45) is 3.54. The number of quaternary nitrogens is 1. The molecule has 2 heterocycles. The lowest BCUT2D eigenvalue weighted by Crippen LogP contribution is -2.66. The molecule has 42 heavy (non-hydrogen) atoms. The lowest BCUT2D eigenvalue weighted by Gasteiger charge is -2.48. The summed E-state index contributed by atoms with van der Waals surface area (Å²) < 4.78 is 42.5. The van der Waals surface area contributed by atoms with Crippen molar-refractivity contribution in [3.05, 3.63) is 84.1 Å². The highest BCUT2D eigenvalue weighted by Crippen LogP contribution is 2.45. The Morgan fingerprint density at radius 2 is 1.88 bits per heavy atom. The largest absolute Gasteiger partial charge is 0.341 e. The Balaban J connectivity index is 1.68. The summed E-state index contributed by atoms with van der Waals surface area (Å²) in [7, 11) is 1.62. The van der Waals surface area contributed by atoms with Crippen LogP contribution in [0.1, 0.15) is 49.8 Å². The molecule has 5 rings (SSSR count). The Morgan fingerprint density at radius 3 is 2.50 bits per heavy atom. The first-order valence-corrected chi connectivity index (χ1v) is 14.0. The molecular weight excluding hydrogens is 547 g/mol. The number of hydrogen-bond acceptors (Lipinski definition) is 5. The van der Waals surface area contributed by atoms with Gasteiger partial charge in [0, 0.05) is 24.5 Å². The van der Waals surface area contributed by atoms with Gasteiger partial charge in [-0.15, -0.1) is 0 Å². The molecule has 2 aliphatic rings. The van der Waals surface area contributed by atoms with E-state index in [9.17, 15) is 27.6 Å². The van der Waals surface area contributed by atoms with Crippen LogP contribution in [0.15, 0.2) is 67.1 Å². The van der Waals surface area contributed by atoms with E-state index in [4.69, 9.17) is 0 Å². The zero-order valence-electron chi connectivity index (χ0n) is 23.7. The molecule has 1 aromatic heterocycles. The summed E-state index contributed by atoms with van der Waals surface area (Å²) in [5, 5.41) is 0. The topological polar surface area (TPSA) is 83.5 Å². The minimum atomic E-state index is -2.86. The summed E-state index contributed by atoms with van der Waals surface area (Å²) in [4.78, 5) is 53.2. The fraction of sp³-hybridized carbons (Fsp3) is 0.387. The number of carbonyl (C=O) groups excluding carboxylic acids is 3. The number of rotatable bonds is 8. The van der Waals surface area contributed by atoms with Crippen LogP contribution >= 0.6 is 0 Å². The van der Waals surface area contributed by atoms with E-state index in [1.807, 2.05) is 0 Å². The summed E-state index contributed by atoms with van der Waals surface area (Å²) in [5.41, 5.74) is 1.29. The quantitative estimate of drug-likeness (QED) is 0.351. The molecule has 0 N–H and O–H groups in total. The van der Waals surface area contributed by atoms with Crippen molar-refractivity contribution in [2.45, 2.75) is 63.6 Å². The molecule has 0 radical (unpaired) electrons. The van der Waals surface area contributed by atoms with Gasteiger partial charge in [0.15, 0.2) is 11.9 Å². The molecule has 1 saturated heterocycles. The monoisotopic (exact) mass is 580 g/mol. The highest BCUT2D eigenvalue weighted by molar-refractivity contribution is 6.10. The van der Waals surface area contributed by atoms with Gasteiger partial charge in [-0.05, 0) is 49.6 Å². The number of carbonyl (C=O) groups is 3. The van der Waals surface area contributed by atoms with Crippen LogP contribution < -0.4 is 9.80 Å². The second kappa shape index (κ2) is 11.3. The van der Waals surface area contributed by atoms with Crippen LogP contribution in [0.3, 0.4) is 0 Å². The Hall–Kier alpha value is -4.12. The van der Waals surface area contributed by atoms with Crippen molar-refractivity contribution in [2.75, 3.05) is 23.4 Å². The van der Waals surface area contributed by atoms with Crippen LogP contribution in [0.4, 0.5) is 24.7 Å². The third kappa shape index (κ3) is 5.29. The van der Waals surface area contributed by atoms with Gasteiger partial charge in [-0.25, -0.2) is 22.9 Å². The lowest BCUT2D eigenvalue weighted by molar-refractivity contribution is -0.870. The number of halogens is 3. The second-order valence-electron chi connectivity index (χ2n) is 11.2. The Labute approximate surface area is 242 Å². The van der Waals surface area contributed by atoms with Crippen LogP contribution in [-0.2, 0) is 14.4 Å². The number of aromatic nitrogens is 2. The maximum Gasteiger partial charge on any atom is 0.341 e. The molecule has 3 unspecified atom stereocenters. The van der Waals surface area contributed by atoms with Gasteiger partial charge in [0.2, 0.25) is 5.91 Å². The van der Waals surface area contributed by atoms with Crippen LogP contribution in [0.5, 0.6) is 0 Å². The first-order chi connectivity index (χ1) is 20.0. The third-order valence-electron chi connectivity index (χ3n) is 8.63. The summed E-state index contributed by atoms with van der Waals surface area (Å²) in [6.45, 7) is 3.76. The van der Waals surface area contributed by atoms with Crippen LogP contribution in [0.25, 0.3) is 0 Å². The first-order valence-electron chi connectivity index (χ1n) is 14.0. The zero-order valence-corrected chi connectivity index (χ0v) is 23.7. The van der Waals surface area contributed by atoms with Crippen LogP contribution in [-0.4, -0.2) is 63.8 Å². The predicted molar refractivity (Wildman–Crippen MR) is 150 cm³/mol. The van der Waals surface area contributed by atoms with E-state index in [2.05, 4.69) is 9.97 Å². The van der Waals surface area contributed by atoms with Gasteiger partial charge >= 0.3 is 5.91 Å². The van der Waals surface area contributed by atoms with Crippen LogP contribution in [0, 0.1) is 12.7 Å². The predicted octanol–water partition coefficient (Wildman–Crippen LogP) is 4.98. The maximum absolute atomic E-state index is 14.8. The number of likely N-dealkylation sites (N-methyl/N-ethyl adjacent to an activating group) is 1. The molecule has 11 heteroatoms. The van der Waals surface area contributed by atoms with Gasteiger partial charge < -0.3 is 0 Å². The Morgan fingerprint density at radius 1 is 1.14 bits per heavy atom. The molecule has 2 fully saturated rings. The Bertz CT molecular complexity index is 1500. The highest BCUT2D eigenvalue weighted by atomic mass is 19.3. The van der Waals surface area contributed by atoms with Gasteiger partial charge in [-0.2, -0.15) is 0 Å². The minimum Gasteiger partial charge on any atom is -0.290 e. The Kier molecular flexibility index (Phi) is 7.89. The number of benzene rings is 2. The number of nitrogens with zero attached hydrogens (tertiary/aromatic N) is 5. The normalized spacial score (nSPS) is 20.5. The first kappa shape index (κ1) is 29.4. The van der Waals surface area contributed by atoms with Crippen molar-refractivity contribution in [3.63, 3.8) is 0 Å². The number of anilines is 2. The molecule has 1 aliphatic heterocycles. The number of alkyl halides is 2. The standard InChI is InChI=1S/C31H33F3N5O3/c1-4-39(3,23-17-31(33,34)18-23)30(42)28(24-11-6-5-8-20(24)2)37(22-10-7-9-21(32)16-22)29(41)25-12-13-27(40)38(25)26-19-35-14-15-36-26/h5-11,14-16,19,23,25,28H,4,12-13,17-18H2,1-3H3/q+1. The van der Waals surface area contributed by atoms with E-state index >= 15 is 0 Å². The van der Waals surface area contributed by atoms with Gasteiger partial charge in [0.1, 0.15) is 17.9 Å². The highest BCUT2D eigenvalue weighted by Gasteiger charge is 2.59. The number of aryl methyl sites for hydroxylation is 1. The van der Waals surface area contributed by atoms with Gasteiger partial charge in [-0.3, -0.25) is 28.9 Å². The van der Waals surface area contributed by atoms with Crippen molar-refractivity contribution in [1.29, 1.82) is 0 Å². The van der Waals surface area contributed by atoms with E-state index < -0.39 is 54.5 Å². The van der Waals surface area contributed by atoms with E-state index in [1.54, 1.807) is 45.2 Å².